The van der Waals surface area contributed by atoms with Gasteiger partial charge in [0.2, 0.25) is 0 Å². The Hall–Kier alpha value is -2.24. The molecule has 0 radical (unpaired) electrons. The van der Waals surface area contributed by atoms with E-state index in [1.165, 1.54) is 5.56 Å². The predicted molar refractivity (Wildman–Crippen MR) is 131 cm³/mol. The van der Waals surface area contributed by atoms with Gasteiger partial charge in [0.05, 0.1) is 12.6 Å². The van der Waals surface area contributed by atoms with Gasteiger partial charge in [0.1, 0.15) is 11.9 Å². The summed E-state index contributed by atoms with van der Waals surface area (Å²) in [5.41, 5.74) is 4.36. The summed E-state index contributed by atoms with van der Waals surface area (Å²) in [4.78, 5) is 15.3. The normalized spacial score (nSPS) is 27.2. The molecule has 176 valence electrons. The number of hydrogen-bond acceptors (Lipinski definition) is 4. The second-order valence-corrected chi connectivity index (χ2v) is 10.7. The van der Waals surface area contributed by atoms with E-state index < -0.39 is 0 Å². The number of amides is 1. The summed E-state index contributed by atoms with van der Waals surface area (Å²) in [5, 5.41) is 3.89. The summed E-state index contributed by atoms with van der Waals surface area (Å²) in [6.45, 7) is 10.1. The summed E-state index contributed by atoms with van der Waals surface area (Å²) in [6, 6.07) is 12.1. The Morgan fingerprint density at radius 2 is 1.97 bits per heavy atom. The van der Waals surface area contributed by atoms with Gasteiger partial charge in [-0.25, -0.2) is 4.79 Å². The second kappa shape index (κ2) is 8.84. The van der Waals surface area contributed by atoms with E-state index in [1.807, 2.05) is 25.1 Å². The van der Waals surface area contributed by atoms with Gasteiger partial charge in [0, 0.05) is 17.1 Å². The molecule has 1 N–H and O–H groups in total. The number of carbonyl (C=O) groups excluding carboxylic acids is 1. The van der Waals surface area contributed by atoms with E-state index in [2.05, 4.69) is 42.3 Å². The van der Waals surface area contributed by atoms with Gasteiger partial charge in [-0.05, 0) is 85.5 Å². The first-order chi connectivity index (χ1) is 15.8. The summed E-state index contributed by atoms with van der Waals surface area (Å²) >= 11 is 6.29. The second-order valence-electron chi connectivity index (χ2n) is 10.3. The van der Waals surface area contributed by atoms with Crippen molar-refractivity contribution in [3.63, 3.8) is 0 Å². The van der Waals surface area contributed by atoms with E-state index in [1.54, 1.807) is 0 Å². The Bertz CT molecular complexity index is 1050. The molecule has 1 aliphatic carbocycles. The van der Waals surface area contributed by atoms with Gasteiger partial charge >= 0.3 is 6.09 Å². The highest BCUT2D eigenvalue weighted by molar-refractivity contribution is 6.31. The van der Waals surface area contributed by atoms with Crippen LogP contribution in [0, 0.1) is 11.3 Å². The molecule has 2 aromatic rings. The minimum absolute atomic E-state index is 0.0127. The third-order valence-electron chi connectivity index (χ3n) is 7.55. The van der Waals surface area contributed by atoms with Gasteiger partial charge in [-0.3, -0.25) is 4.90 Å². The highest BCUT2D eigenvalue weighted by Crippen LogP contribution is 2.47. The number of fused-ring (bicyclic) bond motifs is 4. The van der Waals surface area contributed by atoms with Crippen LogP contribution in [0.25, 0.3) is 11.1 Å². The van der Waals surface area contributed by atoms with Crippen molar-refractivity contribution in [1.82, 2.24) is 10.2 Å². The van der Waals surface area contributed by atoms with E-state index in [9.17, 15) is 4.79 Å². The van der Waals surface area contributed by atoms with Crippen molar-refractivity contribution in [2.45, 2.75) is 52.2 Å². The van der Waals surface area contributed by atoms with E-state index in [0.717, 1.165) is 61.3 Å². The van der Waals surface area contributed by atoms with Crippen LogP contribution < -0.4 is 10.1 Å². The summed E-state index contributed by atoms with van der Waals surface area (Å²) in [5.74, 6) is 1.33. The number of piperidine rings is 3. The maximum Gasteiger partial charge on any atom is 0.407 e. The van der Waals surface area contributed by atoms with Gasteiger partial charge in [-0.1, -0.05) is 43.6 Å². The fourth-order valence-corrected chi connectivity index (χ4v) is 6.01. The first kappa shape index (κ1) is 22.5. The molecule has 6 heteroatoms. The van der Waals surface area contributed by atoms with Gasteiger partial charge < -0.3 is 14.8 Å². The van der Waals surface area contributed by atoms with Crippen LogP contribution in [0.1, 0.15) is 50.8 Å². The van der Waals surface area contributed by atoms with Crippen molar-refractivity contribution in [3.05, 3.63) is 52.5 Å². The molecule has 0 saturated carbocycles. The van der Waals surface area contributed by atoms with E-state index in [-0.39, 0.29) is 23.7 Å². The smallest absolute Gasteiger partial charge is 0.407 e. The number of carbonyl (C=O) groups is 1. The Morgan fingerprint density at radius 3 is 2.67 bits per heavy atom. The highest BCUT2D eigenvalue weighted by Gasteiger charge is 2.42. The Balaban J connectivity index is 1.36. The third-order valence-corrected chi connectivity index (χ3v) is 7.79. The van der Waals surface area contributed by atoms with Crippen LogP contribution >= 0.6 is 11.6 Å². The van der Waals surface area contributed by atoms with Crippen LogP contribution in [-0.4, -0.2) is 43.3 Å². The maximum absolute atomic E-state index is 12.9. The molecule has 5 nitrogen and oxygen atoms in total. The van der Waals surface area contributed by atoms with Gasteiger partial charge in [0.25, 0.3) is 0 Å². The van der Waals surface area contributed by atoms with Crippen LogP contribution in [0.5, 0.6) is 5.75 Å². The van der Waals surface area contributed by atoms with Crippen molar-refractivity contribution in [2.24, 2.45) is 11.3 Å². The summed E-state index contributed by atoms with van der Waals surface area (Å²) in [7, 11) is 0. The maximum atomic E-state index is 12.9. The molecule has 1 unspecified atom stereocenters. The molecule has 2 atom stereocenters. The number of hydrogen-bond donors (Lipinski definition) is 1. The summed E-state index contributed by atoms with van der Waals surface area (Å²) < 4.78 is 11.8. The van der Waals surface area contributed by atoms with Crippen LogP contribution in [-0.2, 0) is 11.2 Å². The Kier molecular flexibility index (Phi) is 6.04. The predicted octanol–water partition coefficient (Wildman–Crippen LogP) is 5.85. The molecule has 6 rings (SSSR count). The van der Waals surface area contributed by atoms with Crippen LogP contribution in [0.2, 0.25) is 5.02 Å². The summed E-state index contributed by atoms with van der Waals surface area (Å²) in [6.07, 6.45) is 2.86. The highest BCUT2D eigenvalue weighted by atomic mass is 35.5. The Morgan fingerprint density at radius 1 is 1.18 bits per heavy atom. The van der Waals surface area contributed by atoms with E-state index in [0.29, 0.717) is 17.5 Å². The SMILES string of the molecule is CCOc1ccc(Cl)cc1-c1ccc2c(c1)CC(C)(C)C2NC(=O)O[C@H]1CN2CCC1CC2. The zero-order valence-corrected chi connectivity index (χ0v) is 20.5. The van der Waals surface area contributed by atoms with Crippen LogP contribution in [0.15, 0.2) is 36.4 Å². The monoisotopic (exact) mass is 468 g/mol. The number of nitrogens with zero attached hydrogens (tertiary/aromatic N) is 1. The minimum Gasteiger partial charge on any atom is -0.493 e. The molecule has 33 heavy (non-hydrogen) atoms. The topological polar surface area (TPSA) is 50.8 Å². The molecule has 3 fully saturated rings. The third kappa shape index (κ3) is 4.45. The fraction of sp³-hybridized carbons (Fsp3) is 0.519. The van der Waals surface area contributed by atoms with Gasteiger partial charge in [0.15, 0.2) is 0 Å². The van der Waals surface area contributed by atoms with Crippen molar-refractivity contribution in [2.75, 3.05) is 26.2 Å². The molecule has 4 aliphatic rings. The van der Waals surface area contributed by atoms with Crippen LogP contribution in [0.3, 0.4) is 0 Å². The number of alkyl carbamates (subject to hydrolysis) is 1. The standard InChI is InChI=1S/C27H33ClN2O3/c1-4-32-23-8-6-20(28)14-22(23)18-5-7-21-19(13-18)15-27(2,3)25(21)29-26(31)33-24-16-30-11-9-17(24)10-12-30/h5-8,13-14,17,24-25H,4,9-12,15-16H2,1-3H3,(H,29,31)/t24-,25?/m0/s1. The first-order valence-corrected chi connectivity index (χ1v) is 12.5. The minimum atomic E-state index is -0.294. The number of rotatable bonds is 5. The average Bonchev–Trinajstić information content (AvgIpc) is 3.04. The average molecular weight is 469 g/mol. The van der Waals surface area contributed by atoms with E-state index in [4.69, 9.17) is 21.1 Å². The zero-order valence-electron chi connectivity index (χ0n) is 19.7. The number of nitrogens with one attached hydrogen (secondary N) is 1. The lowest BCUT2D eigenvalue weighted by Crippen LogP contribution is -2.53. The molecule has 3 aliphatic heterocycles. The van der Waals surface area contributed by atoms with Crippen molar-refractivity contribution in [3.8, 4) is 16.9 Å². The van der Waals surface area contributed by atoms with Crippen molar-refractivity contribution in [1.29, 1.82) is 0 Å². The zero-order chi connectivity index (χ0) is 23.2. The van der Waals surface area contributed by atoms with Crippen molar-refractivity contribution >= 4 is 17.7 Å². The lowest BCUT2D eigenvalue weighted by Gasteiger charge is -2.44. The molecule has 1 amide bonds. The molecule has 2 aromatic carbocycles. The number of benzene rings is 2. The van der Waals surface area contributed by atoms with Gasteiger partial charge in [-0.15, -0.1) is 0 Å². The quantitative estimate of drug-likeness (QED) is 0.598. The van der Waals surface area contributed by atoms with Gasteiger partial charge in [-0.2, -0.15) is 0 Å². The van der Waals surface area contributed by atoms with Crippen molar-refractivity contribution < 1.29 is 14.3 Å². The fourth-order valence-electron chi connectivity index (χ4n) is 5.84. The largest absolute Gasteiger partial charge is 0.493 e. The number of halogens is 1. The molecular formula is C27H33ClN2O3. The van der Waals surface area contributed by atoms with E-state index >= 15 is 0 Å². The number of ether oxygens (including phenoxy) is 2. The molecule has 3 heterocycles. The first-order valence-electron chi connectivity index (χ1n) is 12.1. The lowest BCUT2D eigenvalue weighted by molar-refractivity contribution is -0.0348. The molecular weight excluding hydrogens is 436 g/mol. The molecule has 3 saturated heterocycles. The molecule has 2 bridgehead atoms. The lowest BCUT2D eigenvalue weighted by atomic mass is 9.85. The molecule has 0 spiro atoms. The molecule has 0 aromatic heterocycles. The van der Waals surface area contributed by atoms with Crippen LogP contribution in [0.4, 0.5) is 4.79 Å². The Labute approximate surface area is 201 Å².